The number of thiophene rings is 1. The highest BCUT2D eigenvalue weighted by atomic mass is 32.2. The monoisotopic (exact) mass is 230 g/mol. The molecule has 0 bridgehead atoms. The van der Waals surface area contributed by atoms with Crippen molar-refractivity contribution in [2.75, 3.05) is 5.75 Å². The molecule has 0 spiro atoms. The molecular weight excluding hydrogens is 216 g/mol. The second kappa shape index (κ2) is 5.41. The third kappa shape index (κ3) is 3.03. The number of Topliss-reactive ketones (excluding diaryl/α,β-unsaturated/α-hetero) is 1. The summed E-state index contributed by atoms with van der Waals surface area (Å²) in [6.45, 7) is 3.85. The van der Waals surface area contributed by atoms with Crippen LogP contribution in [0.2, 0.25) is 0 Å². The first-order chi connectivity index (χ1) is 6.65. The van der Waals surface area contributed by atoms with Crippen LogP contribution in [0.3, 0.4) is 0 Å². The maximum Gasteiger partial charge on any atom is 0.148 e. The molecule has 2 unspecified atom stereocenters. The minimum absolute atomic E-state index is 0.0268. The van der Waals surface area contributed by atoms with E-state index in [0.29, 0.717) is 0 Å². The molecule has 2 atom stereocenters. The van der Waals surface area contributed by atoms with Crippen LogP contribution in [-0.4, -0.2) is 15.7 Å². The van der Waals surface area contributed by atoms with Gasteiger partial charge in [-0.05, 0) is 17.9 Å². The molecule has 0 aliphatic carbocycles. The standard InChI is InChI=1S/C10H14O2S2/c1-3-8(2)9(11)7-14(12)10-5-4-6-13-10/h4-6,8H,3,7H2,1-2H3. The lowest BCUT2D eigenvalue weighted by atomic mass is 10.1. The minimum Gasteiger partial charge on any atom is -0.298 e. The van der Waals surface area contributed by atoms with E-state index in [0.717, 1.165) is 10.6 Å². The molecule has 14 heavy (non-hydrogen) atoms. The Kier molecular flexibility index (Phi) is 4.48. The summed E-state index contributed by atoms with van der Waals surface area (Å²) in [4.78, 5) is 11.5. The van der Waals surface area contributed by atoms with Crippen LogP contribution in [0.5, 0.6) is 0 Å². The molecule has 0 aromatic carbocycles. The molecule has 0 fully saturated rings. The Balaban J connectivity index is 2.54. The van der Waals surface area contributed by atoms with E-state index in [1.807, 2.05) is 31.4 Å². The van der Waals surface area contributed by atoms with E-state index < -0.39 is 10.8 Å². The number of carbonyl (C=O) groups excluding carboxylic acids is 1. The van der Waals surface area contributed by atoms with Crippen LogP contribution in [0.15, 0.2) is 21.7 Å². The molecule has 1 aromatic heterocycles. The van der Waals surface area contributed by atoms with E-state index in [1.165, 1.54) is 11.3 Å². The topological polar surface area (TPSA) is 34.1 Å². The molecule has 4 heteroatoms. The van der Waals surface area contributed by atoms with E-state index in [4.69, 9.17) is 0 Å². The molecule has 1 heterocycles. The maximum atomic E-state index is 11.6. The van der Waals surface area contributed by atoms with Crippen molar-refractivity contribution in [1.29, 1.82) is 0 Å². The van der Waals surface area contributed by atoms with Gasteiger partial charge in [0.1, 0.15) is 5.78 Å². The zero-order chi connectivity index (χ0) is 10.6. The van der Waals surface area contributed by atoms with Crippen molar-refractivity contribution in [1.82, 2.24) is 0 Å². The fourth-order valence-corrected chi connectivity index (χ4v) is 3.10. The third-order valence-electron chi connectivity index (χ3n) is 2.15. The van der Waals surface area contributed by atoms with Crippen LogP contribution in [-0.2, 0) is 15.6 Å². The molecule has 0 saturated heterocycles. The molecule has 0 aliphatic rings. The van der Waals surface area contributed by atoms with Crippen molar-refractivity contribution in [3.8, 4) is 0 Å². The Morgan fingerprint density at radius 3 is 2.86 bits per heavy atom. The summed E-state index contributed by atoms with van der Waals surface area (Å²) in [5.74, 6) is 0.286. The first-order valence-electron chi connectivity index (χ1n) is 4.59. The van der Waals surface area contributed by atoms with E-state index in [2.05, 4.69) is 0 Å². The lowest BCUT2D eigenvalue weighted by Crippen LogP contribution is -2.17. The van der Waals surface area contributed by atoms with Crippen molar-refractivity contribution in [2.24, 2.45) is 5.92 Å². The van der Waals surface area contributed by atoms with Gasteiger partial charge in [0.2, 0.25) is 0 Å². The minimum atomic E-state index is -1.14. The normalized spacial score (nSPS) is 15.0. The van der Waals surface area contributed by atoms with Gasteiger partial charge in [0.25, 0.3) is 0 Å². The average Bonchev–Trinajstić information content (AvgIpc) is 2.69. The van der Waals surface area contributed by atoms with Gasteiger partial charge in [-0.1, -0.05) is 19.9 Å². The molecule has 0 radical (unpaired) electrons. The molecule has 2 nitrogen and oxygen atoms in total. The highest BCUT2D eigenvalue weighted by molar-refractivity contribution is 7.88. The van der Waals surface area contributed by atoms with Gasteiger partial charge in [-0.25, -0.2) is 0 Å². The number of ketones is 1. The largest absolute Gasteiger partial charge is 0.298 e. The molecule has 1 rings (SSSR count). The van der Waals surface area contributed by atoms with Crippen molar-refractivity contribution >= 4 is 27.9 Å². The van der Waals surface area contributed by atoms with Gasteiger partial charge in [-0.2, -0.15) is 0 Å². The van der Waals surface area contributed by atoms with Crippen LogP contribution in [0.4, 0.5) is 0 Å². The summed E-state index contributed by atoms with van der Waals surface area (Å²) in [6, 6.07) is 3.66. The van der Waals surface area contributed by atoms with Gasteiger partial charge in [-0.15, -0.1) is 11.3 Å². The number of hydrogen-bond acceptors (Lipinski definition) is 3. The Morgan fingerprint density at radius 2 is 2.36 bits per heavy atom. The number of carbonyl (C=O) groups is 1. The molecular formula is C10H14O2S2. The first kappa shape index (κ1) is 11.6. The quantitative estimate of drug-likeness (QED) is 0.778. The van der Waals surface area contributed by atoms with Crippen molar-refractivity contribution in [3.05, 3.63) is 17.5 Å². The lowest BCUT2D eigenvalue weighted by Gasteiger charge is -2.05. The van der Waals surface area contributed by atoms with Crippen molar-refractivity contribution < 1.29 is 9.00 Å². The first-order valence-corrected chi connectivity index (χ1v) is 6.79. The smallest absolute Gasteiger partial charge is 0.148 e. The van der Waals surface area contributed by atoms with Gasteiger partial charge < -0.3 is 0 Å². The van der Waals surface area contributed by atoms with Crippen LogP contribution < -0.4 is 0 Å². The zero-order valence-corrected chi connectivity index (χ0v) is 9.99. The molecule has 0 amide bonds. The predicted octanol–water partition coefficient (Wildman–Crippen LogP) is 2.47. The summed E-state index contributed by atoms with van der Waals surface area (Å²) in [6.07, 6.45) is 0.820. The maximum absolute atomic E-state index is 11.6. The van der Waals surface area contributed by atoms with E-state index >= 15 is 0 Å². The van der Waals surface area contributed by atoms with Crippen LogP contribution in [0.1, 0.15) is 20.3 Å². The van der Waals surface area contributed by atoms with Gasteiger partial charge >= 0.3 is 0 Å². The third-order valence-corrected chi connectivity index (χ3v) is 4.79. The summed E-state index contributed by atoms with van der Waals surface area (Å²) in [7, 11) is -1.14. The van der Waals surface area contributed by atoms with Gasteiger partial charge in [-0.3, -0.25) is 9.00 Å². The Labute approximate surface area is 90.8 Å². The fraction of sp³-hybridized carbons (Fsp3) is 0.500. The van der Waals surface area contributed by atoms with E-state index in [1.54, 1.807) is 0 Å². The fourth-order valence-electron chi connectivity index (χ4n) is 0.963. The van der Waals surface area contributed by atoms with Crippen LogP contribution >= 0.6 is 11.3 Å². The Bertz CT molecular complexity index is 317. The SMILES string of the molecule is CCC(C)C(=O)CS(=O)c1cccs1. The Hall–Kier alpha value is -0.480. The summed E-state index contributed by atoms with van der Waals surface area (Å²) >= 11 is 1.44. The van der Waals surface area contributed by atoms with Gasteiger partial charge in [0, 0.05) is 5.92 Å². The number of hydrogen-bond donors (Lipinski definition) is 0. The zero-order valence-electron chi connectivity index (χ0n) is 8.36. The van der Waals surface area contributed by atoms with Crippen molar-refractivity contribution in [3.63, 3.8) is 0 Å². The summed E-state index contributed by atoms with van der Waals surface area (Å²) in [5.41, 5.74) is 0. The lowest BCUT2D eigenvalue weighted by molar-refractivity contribution is -0.119. The van der Waals surface area contributed by atoms with Crippen molar-refractivity contribution in [2.45, 2.75) is 24.5 Å². The van der Waals surface area contributed by atoms with Crippen LogP contribution in [0, 0.1) is 5.92 Å². The molecule has 0 aliphatic heterocycles. The second-order valence-electron chi connectivity index (χ2n) is 3.20. The predicted molar refractivity (Wildman–Crippen MR) is 60.1 cm³/mol. The molecule has 0 N–H and O–H groups in total. The Morgan fingerprint density at radius 1 is 1.64 bits per heavy atom. The number of rotatable bonds is 5. The molecule has 78 valence electrons. The van der Waals surface area contributed by atoms with Gasteiger partial charge in [0.05, 0.1) is 20.8 Å². The van der Waals surface area contributed by atoms with E-state index in [-0.39, 0.29) is 17.5 Å². The molecule has 1 aromatic rings. The second-order valence-corrected chi connectivity index (χ2v) is 5.82. The highest BCUT2D eigenvalue weighted by Crippen LogP contribution is 2.15. The van der Waals surface area contributed by atoms with Gasteiger partial charge in [0.15, 0.2) is 0 Å². The van der Waals surface area contributed by atoms with Crippen LogP contribution in [0.25, 0.3) is 0 Å². The summed E-state index contributed by atoms with van der Waals surface area (Å²) in [5, 5.41) is 1.88. The van der Waals surface area contributed by atoms with E-state index in [9.17, 15) is 9.00 Å². The highest BCUT2D eigenvalue weighted by Gasteiger charge is 2.15. The summed E-state index contributed by atoms with van der Waals surface area (Å²) < 4.78 is 12.4. The average molecular weight is 230 g/mol. The molecule has 0 saturated carbocycles.